The molecule has 0 unspecified atom stereocenters. The summed E-state index contributed by atoms with van der Waals surface area (Å²) in [5.74, 6) is 0.181. The third kappa shape index (κ3) is 2.43. The molecule has 5 nitrogen and oxygen atoms in total. The largest absolute Gasteiger partial charge is 0.504 e. The Morgan fingerprint density at radius 2 is 1.88 bits per heavy atom. The van der Waals surface area contributed by atoms with E-state index in [0.29, 0.717) is 12.4 Å². The van der Waals surface area contributed by atoms with Crippen molar-refractivity contribution in [2.45, 2.75) is 13.8 Å². The van der Waals surface area contributed by atoms with Gasteiger partial charge in [0.15, 0.2) is 17.3 Å². The number of hydrogen-bond donors (Lipinski definition) is 1. The molecule has 94 valence electrons. The van der Waals surface area contributed by atoms with Gasteiger partial charge in [0.05, 0.1) is 20.8 Å². The lowest BCUT2D eigenvalue weighted by atomic mass is 10.1. The zero-order valence-corrected chi connectivity index (χ0v) is 10.4. The normalized spacial score (nSPS) is 9.88. The van der Waals surface area contributed by atoms with E-state index in [1.165, 1.54) is 27.2 Å². The molecule has 1 rings (SSSR count). The van der Waals surface area contributed by atoms with Crippen LogP contribution in [0.1, 0.15) is 24.2 Å². The Bertz CT molecular complexity index is 425. The number of aromatic hydroxyl groups is 1. The van der Waals surface area contributed by atoms with Crippen LogP contribution < -0.4 is 14.2 Å². The van der Waals surface area contributed by atoms with Crippen LogP contribution in [0.3, 0.4) is 0 Å². The Balaban J connectivity index is 3.49. The van der Waals surface area contributed by atoms with Crippen molar-refractivity contribution in [2.24, 2.45) is 0 Å². The number of ether oxygens (including phenoxy) is 3. The first kappa shape index (κ1) is 13.2. The number of Topliss-reactive ketones (excluding diaryl/α,β-unsaturated/α-hetero) is 1. The quantitative estimate of drug-likeness (QED) is 0.797. The second-order valence-electron chi connectivity index (χ2n) is 3.32. The maximum absolute atomic E-state index is 11.5. The highest BCUT2D eigenvalue weighted by Gasteiger charge is 2.22. The number of carbonyl (C=O) groups is 1. The zero-order valence-electron chi connectivity index (χ0n) is 10.4. The summed E-state index contributed by atoms with van der Waals surface area (Å²) in [6.07, 6.45) is 0. The fraction of sp³-hybridized carbons (Fsp3) is 0.417. The molecule has 0 fully saturated rings. The minimum Gasteiger partial charge on any atom is -0.504 e. The summed E-state index contributed by atoms with van der Waals surface area (Å²) in [6.45, 7) is 3.48. The van der Waals surface area contributed by atoms with E-state index in [4.69, 9.17) is 14.2 Å². The summed E-state index contributed by atoms with van der Waals surface area (Å²) in [6, 6.07) is 1.52. The molecule has 0 aromatic heterocycles. The van der Waals surface area contributed by atoms with Crippen molar-refractivity contribution in [2.75, 3.05) is 20.8 Å². The third-order valence-corrected chi connectivity index (χ3v) is 2.26. The SMILES string of the molecule is CCOc1c(OC)cc(OC)c(C(C)=O)c1O. The summed E-state index contributed by atoms with van der Waals surface area (Å²) >= 11 is 0. The van der Waals surface area contributed by atoms with Gasteiger partial charge in [-0.1, -0.05) is 0 Å². The fourth-order valence-corrected chi connectivity index (χ4v) is 1.54. The number of carbonyl (C=O) groups excluding carboxylic acids is 1. The minimum atomic E-state index is -0.303. The van der Waals surface area contributed by atoms with Gasteiger partial charge in [-0.3, -0.25) is 4.79 Å². The van der Waals surface area contributed by atoms with Gasteiger partial charge in [0.2, 0.25) is 5.75 Å². The smallest absolute Gasteiger partial charge is 0.204 e. The van der Waals surface area contributed by atoms with Crippen LogP contribution in [0.2, 0.25) is 0 Å². The van der Waals surface area contributed by atoms with Gasteiger partial charge >= 0.3 is 0 Å². The molecule has 0 amide bonds. The molecule has 0 aliphatic carbocycles. The molecular weight excluding hydrogens is 224 g/mol. The van der Waals surface area contributed by atoms with Gasteiger partial charge in [-0.15, -0.1) is 0 Å². The van der Waals surface area contributed by atoms with Crippen molar-refractivity contribution >= 4 is 5.78 Å². The number of phenolic OH excluding ortho intramolecular Hbond substituents is 1. The Morgan fingerprint density at radius 1 is 1.29 bits per heavy atom. The van der Waals surface area contributed by atoms with E-state index in [9.17, 15) is 9.90 Å². The molecule has 1 aromatic carbocycles. The van der Waals surface area contributed by atoms with Crippen LogP contribution in [0.25, 0.3) is 0 Å². The Morgan fingerprint density at radius 3 is 2.29 bits per heavy atom. The lowest BCUT2D eigenvalue weighted by Gasteiger charge is -2.15. The molecule has 0 heterocycles. The van der Waals surface area contributed by atoms with Gasteiger partial charge < -0.3 is 19.3 Å². The van der Waals surface area contributed by atoms with Crippen molar-refractivity contribution < 1.29 is 24.1 Å². The van der Waals surface area contributed by atoms with Gasteiger partial charge in [-0.25, -0.2) is 0 Å². The molecule has 0 saturated heterocycles. The highest BCUT2D eigenvalue weighted by atomic mass is 16.5. The summed E-state index contributed by atoms with van der Waals surface area (Å²) < 4.78 is 15.4. The first-order valence-electron chi connectivity index (χ1n) is 5.18. The van der Waals surface area contributed by atoms with Gasteiger partial charge in [0.25, 0.3) is 0 Å². The van der Waals surface area contributed by atoms with Gasteiger partial charge in [-0.05, 0) is 13.8 Å². The summed E-state index contributed by atoms with van der Waals surface area (Å²) in [5, 5.41) is 10.0. The van der Waals surface area contributed by atoms with Crippen molar-refractivity contribution in [3.63, 3.8) is 0 Å². The standard InChI is InChI=1S/C12H16O5/c1-5-17-12-9(16-4)6-8(15-3)10(7(2)13)11(12)14/h6,14H,5H2,1-4H3. The van der Waals surface area contributed by atoms with Crippen molar-refractivity contribution in [3.8, 4) is 23.0 Å². The second kappa shape index (κ2) is 5.43. The van der Waals surface area contributed by atoms with Gasteiger partial charge in [-0.2, -0.15) is 0 Å². The van der Waals surface area contributed by atoms with E-state index in [-0.39, 0.29) is 28.6 Å². The Labute approximate surface area is 99.9 Å². The number of rotatable bonds is 5. The van der Waals surface area contributed by atoms with Crippen LogP contribution in [0, 0.1) is 0 Å². The maximum Gasteiger partial charge on any atom is 0.204 e. The summed E-state index contributed by atoms with van der Waals surface area (Å²) in [7, 11) is 2.87. The van der Waals surface area contributed by atoms with Crippen molar-refractivity contribution in [3.05, 3.63) is 11.6 Å². The zero-order chi connectivity index (χ0) is 13.0. The van der Waals surface area contributed by atoms with E-state index >= 15 is 0 Å². The molecule has 0 aliphatic heterocycles. The molecule has 5 heteroatoms. The van der Waals surface area contributed by atoms with Crippen LogP contribution in [-0.4, -0.2) is 31.7 Å². The predicted molar refractivity (Wildman–Crippen MR) is 62.4 cm³/mol. The first-order chi connectivity index (χ1) is 8.06. The summed E-state index contributed by atoms with van der Waals surface area (Å²) in [4.78, 5) is 11.5. The number of hydrogen-bond acceptors (Lipinski definition) is 5. The van der Waals surface area contributed by atoms with Crippen LogP contribution >= 0.6 is 0 Å². The van der Waals surface area contributed by atoms with Crippen molar-refractivity contribution in [1.29, 1.82) is 0 Å². The minimum absolute atomic E-state index is 0.0942. The van der Waals surface area contributed by atoms with Crippen LogP contribution in [0.4, 0.5) is 0 Å². The Kier molecular flexibility index (Phi) is 4.20. The average Bonchev–Trinajstić information content (AvgIpc) is 2.30. The topological polar surface area (TPSA) is 65.0 Å². The van der Waals surface area contributed by atoms with Gasteiger partial charge in [0, 0.05) is 6.07 Å². The molecule has 0 atom stereocenters. The van der Waals surface area contributed by atoms with E-state index in [0.717, 1.165) is 0 Å². The third-order valence-electron chi connectivity index (χ3n) is 2.26. The molecule has 1 aromatic rings. The van der Waals surface area contributed by atoms with Gasteiger partial charge in [0.1, 0.15) is 11.3 Å². The highest BCUT2D eigenvalue weighted by molar-refractivity contribution is 6.01. The summed E-state index contributed by atoms with van der Waals surface area (Å²) in [5.41, 5.74) is 0.0942. The predicted octanol–water partition coefficient (Wildman–Crippen LogP) is 2.01. The van der Waals surface area contributed by atoms with Crippen LogP contribution in [0.5, 0.6) is 23.0 Å². The number of benzene rings is 1. The molecule has 0 saturated carbocycles. The number of phenols is 1. The molecule has 0 aliphatic rings. The molecule has 0 spiro atoms. The maximum atomic E-state index is 11.5. The van der Waals surface area contributed by atoms with Crippen molar-refractivity contribution in [1.82, 2.24) is 0 Å². The Hall–Kier alpha value is -1.91. The average molecular weight is 240 g/mol. The van der Waals surface area contributed by atoms with Crippen LogP contribution in [-0.2, 0) is 0 Å². The van der Waals surface area contributed by atoms with E-state index in [1.807, 2.05) is 0 Å². The fourth-order valence-electron chi connectivity index (χ4n) is 1.54. The molecule has 0 radical (unpaired) electrons. The first-order valence-corrected chi connectivity index (χ1v) is 5.18. The lowest BCUT2D eigenvalue weighted by molar-refractivity contribution is 0.101. The number of methoxy groups -OCH3 is 2. The molecular formula is C12H16O5. The molecule has 17 heavy (non-hydrogen) atoms. The highest BCUT2D eigenvalue weighted by Crippen LogP contribution is 2.44. The number of ketones is 1. The monoisotopic (exact) mass is 240 g/mol. The molecule has 0 bridgehead atoms. The second-order valence-corrected chi connectivity index (χ2v) is 3.32. The molecule has 1 N–H and O–H groups in total. The lowest BCUT2D eigenvalue weighted by Crippen LogP contribution is -2.03. The van der Waals surface area contributed by atoms with E-state index in [2.05, 4.69) is 0 Å². The van der Waals surface area contributed by atoms with E-state index < -0.39 is 0 Å². The van der Waals surface area contributed by atoms with Crippen LogP contribution in [0.15, 0.2) is 6.07 Å². The van der Waals surface area contributed by atoms with E-state index in [1.54, 1.807) is 6.92 Å².